The van der Waals surface area contributed by atoms with Gasteiger partial charge >= 0.3 is 0 Å². The molecule has 2 aliphatic rings. The average molecular weight is 512 g/mol. The highest BCUT2D eigenvalue weighted by molar-refractivity contribution is 6.37. The van der Waals surface area contributed by atoms with E-state index in [2.05, 4.69) is 0 Å². The number of carbonyl (C=O) groups excluding carboxylic acids is 2. The molecule has 0 radical (unpaired) electrons. The summed E-state index contributed by atoms with van der Waals surface area (Å²) in [6.45, 7) is 2.18. The summed E-state index contributed by atoms with van der Waals surface area (Å²) < 4.78 is 21.7. The maximum Gasteiger partial charge on any atom is 0.259 e. The Morgan fingerprint density at radius 2 is 1.29 bits per heavy atom. The number of fused-ring (bicyclic) bond motifs is 3. The van der Waals surface area contributed by atoms with Crippen LogP contribution in [0.5, 0.6) is 23.0 Å². The van der Waals surface area contributed by atoms with E-state index in [9.17, 15) is 9.59 Å². The third kappa shape index (κ3) is 4.00. The van der Waals surface area contributed by atoms with E-state index in [0.29, 0.717) is 63.9 Å². The first kappa shape index (κ1) is 25.1. The van der Waals surface area contributed by atoms with Gasteiger partial charge in [0, 0.05) is 23.3 Å². The Labute approximate surface area is 221 Å². The molecule has 0 N–H and O–H groups in total. The van der Waals surface area contributed by atoms with Crippen molar-refractivity contribution in [1.29, 1.82) is 0 Å². The molecule has 0 unspecified atom stereocenters. The van der Waals surface area contributed by atoms with E-state index in [1.54, 1.807) is 46.3 Å². The van der Waals surface area contributed by atoms with Gasteiger partial charge in [-0.25, -0.2) is 0 Å². The molecule has 0 aromatic heterocycles. The molecule has 5 rings (SSSR count). The number of carbonyl (C=O) groups is 2. The van der Waals surface area contributed by atoms with Crippen molar-refractivity contribution in [3.8, 4) is 23.0 Å². The number of allylic oxidation sites excluding steroid dienone is 2. The second kappa shape index (κ2) is 10.1. The number of rotatable bonds is 8. The van der Waals surface area contributed by atoms with Crippen molar-refractivity contribution in [1.82, 2.24) is 4.90 Å². The third-order valence-corrected chi connectivity index (χ3v) is 7.10. The molecule has 0 atom stereocenters. The van der Waals surface area contributed by atoms with Crippen LogP contribution in [0.15, 0.2) is 71.9 Å². The van der Waals surface area contributed by atoms with Crippen LogP contribution >= 0.6 is 0 Å². The van der Waals surface area contributed by atoms with Crippen molar-refractivity contribution >= 4 is 22.8 Å². The molecule has 0 saturated heterocycles. The van der Waals surface area contributed by atoms with E-state index >= 15 is 0 Å². The number of hydrogen-bond donors (Lipinski definition) is 0. The predicted molar refractivity (Wildman–Crippen MR) is 145 cm³/mol. The highest BCUT2D eigenvalue weighted by Gasteiger charge is 2.42. The molecule has 1 aliphatic carbocycles. The minimum absolute atomic E-state index is 0.0724. The molecule has 0 fully saturated rings. The summed E-state index contributed by atoms with van der Waals surface area (Å²) in [5, 5.41) is 0. The summed E-state index contributed by atoms with van der Waals surface area (Å²) in [6, 6.07) is 18.6. The van der Waals surface area contributed by atoms with Gasteiger partial charge in [0.25, 0.3) is 5.91 Å². The molecular weight excluding hydrogens is 482 g/mol. The van der Waals surface area contributed by atoms with Gasteiger partial charge in [0.15, 0.2) is 28.8 Å². The van der Waals surface area contributed by atoms with Gasteiger partial charge in [-0.15, -0.1) is 0 Å². The fraction of sp³-hybridized carbons (Fsp3) is 0.226. The number of nitrogens with zero attached hydrogens (tertiary/aromatic N) is 1. The van der Waals surface area contributed by atoms with Gasteiger partial charge in [0.05, 0.1) is 39.7 Å². The van der Waals surface area contributed by atoms with Crippen molar-refractivity contribution < 1.29 is 28.5 Å². The molecule has 1 heterocycles. The summed E-state index contributed by atoms with van der Waals surface area (Å²) in [7, 11) is 6.33. The molecule has 1 amide bonds. The maximum atomic E-state index is 14.1. The normalized spacial score (nSPS) is 14.5. The van der Waals surface area contributed by atoms with Crippen molar-refractivity contribution in [3.05, 3.63) is 94.2 Å². The number of ketones is 1. The number of Topliss-reactive ketones (excluding diaryl/α,β-unsaturated/α-hetero) is 1. The van der Waals surface area contributed by atoms with Crippen LogP contribution in [-0.2, 0) is 11.2 Å². The topological polar surface area (TPSA) is 74.3 Å². The lowest BCUT2D eigenvalue weighted by atomic mass is 9.83. The monoisotopic (exact) mass is 511 g/mol. The van der Waals surface area contributed by atoms with E-state index in [1.165, 1.54) is 0 Å². The van der Waals surface area contributed by atoms with Crippen molar-refractivity contribution in [2.75, 3.05) is 35.0 Å². The number of methoxy groups -OCH3 is 4. The second-order valence-electron chi connectivity index (χ2n) is 9.06. The molecule has 38 heavy (non-hydrogen) atoms. The smallest absolute Gasteiger partial charge is 0.259 e. The Balaban J connectivity index is 1.62. The van der Waals surface area contributed by atoms with Crippen molar-refractivity contribution in [2.45, 2.75) is 13.3 Å². The molecule has 7 heteroatoms. The number of ether oxygens (including phenoxy) is 4. The average Bonchev–Trinajstić information content (AvgIpc) is 3.25. The first-order chi connectivity index (χ1) is 18.4. The van der Waals surface area contributed by atoms with E-state index in [4.69, 9.17) is 18.9 Å². The van der Waals surface area contributed by atoms with Crippen LogP contribution in [0.3, 0.4) is 0 Å². The lowest BCUT2D eigenvalue weighted by molar-refractivity contribution is -0.122. The Morgan fingerprint density at radius 3 is 1.95 bits per heavy atom. The minimum Gasteiger partial charge on any atom is -0.493 e. The molecule has 1 aliphatic heterocycles. The zero-order valence-corrected chi connectivity index (χ0v) is 22.1. The van der Waals surface area contributed by atoms with Crippen LogP contribution in [0.4, 0.5) is 0 Å². The van der Waals surface area contributed by atoms with Gasteiger partial charge in [-0.2, -0.15) is 0 Å². The highest BCUT2D eigenvalue weighted by atomic mass is 16.5. The molecule has 0 spiro atoms. The molecule has 3 aromatic rings. The first-order valence-corrected chi connectivity index (χ1v) is 12.3. The SMILES string of the molecule is COc1ccc(CCN2C(=O)C(c3ccc(OC)c(OC)c3)=C3C2=C(C)C(=O)c2ccccc23)cc1OC. The first-order valence-electron chi connectivity index (χ1n) is 12.3. The van der Waals surface area contributed by atoms with Gasteiger partial charge in [0.1, 0.15) is 0 Å². The summed E-state index contributed by atoms with van der Waals surface area (Å²) in [5.41, 5.74) is 5.54. The van der Waals surface area contributed by atoms with Gasteiger partial charge in [-0.05, 0) is 54.3 Å². The van der Waals surface area contributed by atoms with Crippen molar-refractivity contribution in [2.24, 2.45) is 0 Å². The second-order valence-corrected chi connectivity index (χ2v) is 9.06. The van der Waals surface area contributed by atoms with Crippen LogP contribution < -0.4 is 18.9 Å². The van der Waals surface area contributed by atoms with Gasteiger partial charge < -0.3 is 23.8 Å². The molecule has 0 bridgehead atoms. The Hall–Kier alpha value is -4.52. The largest absolute Gasteiger partial charge is 0.493 e. The predicted octanol–water partition coefficient (Wildman–Crippen LogP) is 5.19. The van der Waals surface area contributed by atoms with Crippen LogP contribution in [0, 0.1) is 0 Å². The Bertz CT molecular complexity index is 1520. The fourth-order valence-corrected chi connectivity index (χ4v) is 5.21. The van der Waals surface area contributed by atoms with Crippen LogP contribution in [0.2, 0.25) is 0 Å². The van der Waals surface area contributed by atoms with Crippen molar-refractivity contribution in [3.63, 3.8) is 0 Å². The summed E-state index contributed by atoms with van der Waals surface area (Å²) in [4.78, 5) is 29.2. The molecule has 0 saturated carbocycles. The number of amides is 1. The van der Waals surface area contributed by atoms with E-state index < -0.39 is 0 Å². The van der Waals surface area contributed by atoms with Crippen LogP contribution in [0.25, 0.3) is 11.1 Å². The lowest BCUT2D eigenvalue weighted by Gasteiger charge is -2.26. The Morgan fingerprint density at radius 1 is 0.684 bits per heavy atom. The number of benzene rings is 3. The maximum absolute atomic E-state index is 14.1. The van der Waals surface area contributed by atoms with Crippen LogP contribution in [-0.4, -0.2) is 51.6 Å². The summed E-state index contributed by atoms with van der Waals surface area (Å²) >= 11 is 0. The van der Waals surface area contributed by atoms with Crippen LogP contribution in [0.1, 0.15) is 34.0 Å². The molecule has 7 nitrogen and oxygen atoms in total. The minimum atomic E-state index is -0.161. The van der Waals surface area contributed by atoms with E-state index in [-0.39, 0.29) is 11.7 Å². The lowest BCUT2D eigenvalue weighted by Crippen LogP contribution is -2.30. The highest BCUT2D eigenvalue weighted by Crippen LogP contribution is 2.48. The molecule has 194 valence electrons. The molecular formula is C31H29NO6. The quantitative estimate of drug-likeness (QED) is 0.415. The fourth-order valence-electron chi connectivity index (χ4n) is 5.21. The number of hydrogen-bond acceptors (Lipinski definition) is 6. The van der Waals surface area contributed by atoms with Gasteiger partial charge in [-0.1, -0.05) is 36.4 Å². The molecule has 3 aromatic carbocycles. The van der Waals surface area contributed by atoms with Gasteiger partial charge in [0.2, 0.25) is 0 Å². The standard InChI is InChI=1S/C31H29NO6/c1-18-29-28(21-8-6-7-9-22(21)30(18)33)27(20-11-13-24(36-3)26(17-20)38-5)31(34)32(29)15-14-19-10-12-23(35-2)25(16-19)37-4/h6-13,16-17H,14-15H2,1-5H3. The summed E-state index contributed by atoms with van der Waals surface area (Å²) in [5.74, 6) is 2.13. The van der Waals surface area contributed by atoms with Gasteiger partial charge in [-0.3, -0.25) is 9.59 Å². The zero-order chi connectivity index (χ0) is 27.0. The van der Waals surface area contributed by atoms with E-state index in [0.717, 1.165) is 16.7 Å². The summed E-state index contributed by atoms with van der Waals surface area (Å²) in [6.07, 6.45) is 0.561. The zero-order valence-electron chi connectivity index (χ0n) is 22.1. The Kier molecular flexibility index (Phi) is 6.68. The van der Waals surface area contributed by atoms with E-state index in [1.807, 2.05) is 54.6 Å². The third-order valence-electron chi connectivity index (χ3n) is 7.10.